The lowest BCUT2D eigenvalue weighted by Gasteiger charge is -2.17. The molecule has 1 nitrogen and oxygen atoms in total. The van der Waals surface area contributed by atoms with Gasteiger partial charge in [-0.1, -0.05) is 85.9 Å². The first-order chi connectivity index (χ1) is 8.54. The van der Waals surface area contributed by atoms with Crippen molar-refractivity contribution in [1.82, 2.24) is 0 Å². The normalized spacial score (nSPS) is 14.4. The van der Waals surface area contributed by atoms with E-state index in [9.17, 15) is 0 Å². The number of benzene rings is 1. The maximum absolute atomic E-state index is 6.06. The maximum Gasteiger partial charge on any atom is 0.0906 e. The summed E-state index contributed by atoms with van der Waals surface area (Å²) in [4.78, 5) is 0. The molecular weight excluding hydrogens is 333 g/mol. The second-order valence-electron chi connectivity index (χ2n) is 5.29. The van der Waals surface area contributed by atoms with Gasteiger partial charge in [0.1, 0.15) is 0 Å². The molecule has 0 saturated heterocycles. The van der Waals surface area contributed by atoms with Crippen LogP contribution in [0.15, 0.2) is 24.3 Å². The van der Waals surface area contributed by atoms with E-state index in [1.54, 1.807) is 0 Å². The van der Waals surface area contributed by atoms with Gasteiger partial charge in [-0.25, -0.2) is 0 Å². The first kappa shape index (κ1) is 16.0. The van der Waals surface area contributed by atoms with E-state index >= 15 is 0 Å². The van der Waals surface area contributed by atoms with E-state index in [2.05, 4.69) is 53.8 Å². The van der Waals surface area contributed by atoms with Gasteiger partial charge in [0.2, 0.25) is 0 Å². The fourth-order valence-corrected chi connectivity index (χ4v) is 2.47. The molecule has 0 aliphatic rings. The lowest BCUT2D eigenvalue weighted by atomic mass is 10.0. The molecule has 0 fully saturated rings. The Morgan fingerprint density at radius 1 is 1.00 bits per heavy atom. The molecule has 0 amide bonds. The standard InChI is InChI=1S/C16H26IN/c1-3-4-5-6-7-8-9-14-10-12-15(13-11-14)16(2,17)18/h10-13H,3-9,18H2,1-2H3/t16-/m1/s1. The van der Waals surface area contributed by atoms with E-state index < -0.39 is 0 Å². The van der Waals surface area contributed by atoms with Crippen molar-refractivity contribution in [3.05, 3.63) is 35.4 Å². The van der Waals surface area contributed by atoms with Crippen LogP contribution in [-0.2, 0) is 9.97 Å². The third kappa shape index (κ3) is 6.19. The summed E-state index contributed by atoms with van der Waals surface area (Å²) in [7, 11) is 0. The van der Waals surface area contributed by atoms with Crippen molar-refractivity contribution in [3.8, 4) is 0 Å². The van der Waals surface area contributed by atoms with Gasteiger partial charge in [0.05, 0.1) is 3.55 Å². The van der Waals surface area contributed by atoms with Crippen LogP contribution in [0.4, 0.5) is 0 Å². The molecule has 2 N–H and O–H groups in total. The summed E-state index contributed by atoms with van der Waals surface area (Å²) in [6.07, 6.45) is 9.39. The third-order valence-electron chi connectivity index (χ3n) is 3.34. The van der Waals surface area contributed by atoms with Crippen LogP contribution in [0.25, 0.3) is 0 Å². The molecule has 1 rings (SSSR count). The van der Waals surface area contributed by atoms with Crippen LogP contribution < -0.4 is 5.73 Å². The molecule has 0 unspecified atom stereocenters. The molecule has 2 heteroatoms. The SMILES string of the molecule is CCCCCCCCc1ccc([C@@](C)(N)I)cc1. The van der Waals surface area contributed by atoms with Crippen LogP contribution in [-0.4, -0.2) is 0 Å². The topological polar surface area (TPSA) is 26.0 Å². The van der Waals surface area contributed by atoms with E-state index in [0.29, 0.717) is 0 Å². The summed E-state index contributed by atoms with van der Waals surface area (Å²) >= 11 is 2.28. The lowest BCUT2D eigenvalue weighted by Crippen LogP contribution is -2.24. The fraction of sp³-hybridized carbons (Fsp3) is 0.625. The van der Waals surface area contributed by atoms with Gasteiger partial charge in [-0.05, 0) is 30.9 Å². The molecule has 102 valence electrons. The molecule has 0 spiro atoms. The number of aryl methyl sites for hydroxylation is 1. The number of unbranched alkanes of at least 4 members (excludes halogenated alkanes) is 5. The van der Waals surface area contributed by atoms with Crippen LogP contribution >= 0.6 is 22.6 Å². The second-order valence-corrected chi connectivity index (χ2v) is 7.53. The van der Waals surface area contributed by atoms with E-state index in [1.807, 2.05) is 6.92 Å². The highest BCUT2D eigenvalue weighted by Crippen LogP contribution is 2.25. The van der Waals surface area contributed by atoms with Gasteiger partial charge in [0.15, 0.2) is 0 Å². The molecule has 0 bridgehead atoms. The van der Waals surface area contributed by atoms with Gasteiger partial charge in [-0.3, -0.25) is 0 Å². The van der Waals surface area contributed by atoms with Gasteiger partial charge in [-0.15, -0.1) is 0 Å². The molecule has 0 aliphatic heterocycles. The predicted octanol–water partition coefficient (Wildman–Crippen LogP) is 5.16. The Kier molecular flexibility index (Phi) is 7.23. The minimum Gasteiger partial charge on any atom is -0.313 e. The number of halogens is 1. The average molecular weight is 359 g/mol. The highest BCUT2D eigenvalue weighted by Gasteiger charge is 2.15. The largest absolute Gasteiger partial charge is 0.313 e. The number of hydrogen-bond donors (Lipinski definition) is 1. The van der Waals surface area contributed by atoms with Gasteiger partial charge in [-0.2, -0.15) is 0 Å². The summed E-state index contributed by atoms with van der Waals surface area (Å²) in [6.45, 7) is 4.30. The molecule has 0 aliphatic carbocycles. The van der Waals surface area contributed by atoms with E-state index in [-0.39, 0.29) is 3.55 Å². The number of nitrogens with two attached hydrogens (primary N) is 1. The van der Waals surface area contributed by atoms with Crippen LogP contribution in [0.3, 0.4) is 0 Å². The minimum atomic E-state index is -0.254. The zero-order chi connectivity index (χ0) is 13.4. The highest BCUT2D eigenvalue weighted by atomic mass is 127. The third-order valence-corrected chi connectivity index (χ3v) is 3.96. The molecule has 0 heterocycles. The van der Waals surface area contributed by atoms with E-state index in [0.717, 1.165) is 0 Å². The Morgan fingerprint density at radius 3 is 2.11 bits per heavy atom. The first-order valence-corrected chi connectivity index (χ1v) is 8.19. The monoisotopic (exact) mass is 359 g/mol. The zero-order valence-electron chi connectivity index (χ0n) is 11.7. The average Bonchev–Trinajstić information content (AvgIpc) is 2.33. The Bertz CT molecular complexity index is 324. The van der Waals surface area contributed by atoms with Gasteiger partial charge >= 0.3 is 0 Å². The lowest BCUT2D eigenvalue weighted by molar-refractivity contribution is 0.607. The molecule has 0 radical (unpaired) electrons. The number of hydrogen-bond acceptors (Lipinski definition) is 1. The van der Waals surface area contributed by atoms with Crippen molar-refractivity contribution in [1.29, 1.82) is 0 Å². The Balaban J connectivity index is 2.27. The molecule has 0 saturated carbocycles. The second kappa shape index (κ2) is 8.16. The predicted molar refractivity (Wildman–Crippen MR) is 89.1 cm³/mol. The number of alkyl halides is 1. The van der Waals surface area contributed by atoms with E-state index in [1.165, 1.54) is 56.1 Å². The zero-order valence-corrected chi connectivity index (χ0v) is 13.9. The van der Waals surface area contributed by atoms with Gasteiger partial charge in [0, 0.05) is 0 Å². The summed E-state index contributed by atoms with van der Waals surface area (Å²) in [5, 5.41) is 0. The maximum atomic E-state index is 6.06. The summed E-state index contributed by atoms with van der Waals surface area (Å²) in [5.41, 5.74) is 8.70. The van der Waals surface area contributed by atoms with Crippen molar-refractivity contribution >= 4 is 22.6 Å². The quantitative estimate of drug-likeness (QED) is 0.295. The van der Waals surface area contributed by atoms with E-state index in [4.69, 9.17) is 5.73 Å². The van der Waals surface area contributed by atoms with Crippen molar-refractivity contribution in [2.24, 2.45) is 5.73 Å². The van der Waals surface area contributed by atoms with Crippen LogP contribution in [0, 0.1) is 0 Å². The van der Waals surface area contributed by atoms with Crippen LogP contribution in [0.1, 0.15) is 63.5 Å². The van der Waals surface area contributed by atoms with Gasteiger partial charge < -0.3 is 5.73 Å². The van der Waals surface area contributed by atoms with Crippen molar-refractivity contribution in [2.45, 2.75) is 62.3 Å². The molecular formula is C16H26IN. The molecule has 1 aromatic rings. The molecule has 1 atom stereocenters. The molecule has 1 aromatic carbocycles. The highest BCUT2D eigenvalue weighted by molar-refractivity contribution is 14.1. The Hall–Kier alpha value is -0.0900. The van der Waals surface area contributed by atoms with Crippen molar-refractivity contribution in [2.75, 3.05) is 0 Å². The van der Waals surface area contributed by atoms with Crippen molar-refractivity contribution < 1.29 is 0 Å². The Labute approximate surface area is 126 Å². The minimum absolute atomic E-state index is 0.254. The summed E-state index contributed by atoms with van der Waals surface area (Å²) in [5.74, 6) is 0. The smallest absolute Gasteiger partial charge is 0.0906 e. The fourth-order valence-electron chi connectivity index (χ4n) is 2.11. The molecule has 0 aromatic heterocycles. The summed E-state index contributed by atoms with van der Waals surface area (Å²) < 4.78 is -0.254. The van der Waals surface area contributed by atoms with Gasteiger partial charge in [0.25, 0.3) is 0 Å². The number of rotatable bonds is 8. The molecule has 18 heavy (non-hydrogen) atoms. The van der Waals surface area contributed by atoms with Crippen molar-refractivity contribution in [3.63, 3.8) is 0 Å². The van der Waals surface area contributed by atoms with Crippen LogP contribution in [0.2, 0.25) is 0 Å². The van der Waals surface area contributed by atoms with Crippen LogP contribution in [0.5, 0.6) is 0 Å². The first-order valence-electron chi connectivity index (χ1n) is 7.11. The summed E-state index contributed by atoms with van der Waals surface area (Å²) in [6, 6.07) is 8.79. The Morgan fingerprint density at radius 2 is 1.56 bits per heavy atom.